The molecule has 3 aromatic rings. The fourth-order valence-electron chi connectivity index (χ4n) is 2.41. The zero-order valence-corrected chi connectivity index (χ0v) is 14.3. The molecule has 1 N–H and O–H groups in total. The van der Waals surface area contributed by atoms with E-state index in [4.69, 9.17) is 11.6 Å². The highest BCUT2D eigenvalue weighted by atomic mass is 35.5. The smallest absolute Gasteiger partial charge is 0.290 e. The predicted molar refractivity (Wildman–Crippen MR) is 93.5 cm³/mol. The van der Waals surface area contributed by atoms with Gasteiger partial charge in [-0.15, -0.1) is 5.10 Å². The van der Waals surface area contributed by atoms with E-state index < -0.39 is 0 Å². The third-order valence-corrected chi connectivity index (χ3v) is 3.88. The summed E-state index contributed by atoms with van der Waals surface area (Å²) in [6.07, 6.45) is 0.528. The lowest BCUT2D eigenvalue weighted by Crippen LogP contribution is -2.27. The lowest BCUT2D eigenvalue weighted by Gasteiger charge is -2.03. The Labute approximate surface area is 149 Å². The Balaban J connectivity index is 1.64. The highest BCUT2D eigenvalue weighted by Gasteiger charge is 2.14. The highest BCUT2D eigenvalue weighted by Crippen LogP contribution is 2.14. The van der Waals surface area contributed by atoms with Gasteiger partial charge in [0.2, 0.25) is 5.82 Å². The molecule has 1 heterocycles. The van der Waals surface area contributed by atoms with Crippen LogP contribution < -0.4 is 5.32 Å². The summed E-state index contributed by atoms with van der Waals surface area (Å²) in [6.45, 7) is 2.14. The Morgan fingerprint density at radius 2 is 2.00 bits per heavy atom. The number of nitrogens with zero attached hydrogens (tertiary/aromatic N) is 3. The van der Waals surface area contributed by atoms with Crippen molar-refractivity contribution in [3.63, 3.8) is 0 Å². The molecule has 0 saturated heterocycles. The molecule has 0 bridgehead atoms. The van der Waals surface area contributed by atoms with Crippen LogP contribution >= 0.6 is 11.6 Å². The van der Waals surface area contributed by atoms with Crippen molar-refractivity contribution in [2.75, 3.05) is 6.54 Å². The number of hydrogen-bond donors (Lipinski definition) is 1. The minimum absolute atomic E-state index is 0.0895. The molecule has 5 nitrogen and oxygen atoms in total. The van der Waals surface area contributed by atoms with E-state index >= 15 is 0 Å². The number of carbonyl (C=O) groups excluding carboxylic acids is 1. The highest BCUT2D eigenvalue weighted by molar-refractivity contribution is 6.30. The van der Waals surface area contributed by atoms with Crippen molar-refractivity contribution in [2.45, 2.75) is 13.3 Å². The molecule has 7 heteroatoms. The third-order valence-electron chi connectivity index (χ3n) is 3.63. The number of rotatable bonds is 5. The molecule has 0 radical (unpaired) electrons. The summed E-state index contributed by atoms with van der Waals surface area (Å²) in [5, 5.41) is 7.61. The molecule has 128 valence electrons. The van der Waals surface area contributed by atoms with E-state index in [2.05, 4.69) is 15.4 Å². The van der Waals surface area contributed by atoms with Crippen LogP contribution in [-0.4, -0.2) is 27.2 Å². The van der Waals surface area contributed by atoms with E-state index in [1.165, 1.54) is 12.1 Å². The van der Waals surface area contributed by atoms with E-state index in [-0.39, 0.29) is 17.5 Å². The lowest BCUT2D eigenvalue weighted by molar-refractivity contribution is 0.0944. The van der Waals surface area contributed by atoms with Crippen LogP contribution in [0.5, 0.6) is 0 Å². The largest absolute Gasteiger partial charge is 0.349 e. The molecule has 0 aliphatic heterocycles. The third kappa shape index (κ3) is 4.22. The molecule has 1 aromatic heterocycles. The molecule has 0 unspecified atom stereocenters. The zero-order chi connectivity index (χ0) is 17.8. The summed E-state index contributed by atoms with van der Waals surface area (Å²) in [6, 6.07) is 13.4. The van der Waals surface area contributed by atoms with Gasteiger partial charge in [0.1, 0.15) is 11.6 Å². The molecule has 25 heavy (non-hydrogen) atoms. The van der Waals surface area contributed by atoms with Crippen LogP contribution in [0, 0.1) is 12.7 Å². The Morgan fingerprint density at radius 3 is 2.72 bits per heavy atom. The SMILES string of the molecule is Cc1nc(C(=O)NCCc2cccc(F)c2)nn1-c1ccc(Cl)cc1. The monoisotopic (exact) mass is 358 g/mol. The van der Waals surface area contributed by atoms with Crippen LogP contribution in [0.25, 0.3) is 5.69 Å². The van der Waals surface area contributed by atoms with E-state index in [0.717, 1.165) is 11.3 Å². The first kappa shape index (κ1) is 17.1. The summed E-state index contributed by atoms with van der Waals surface area (Å²) in [4.78, 5) is 16.4. The topological polar surface area (TPSA) is 59.8 Å². The first-order chi connectivity index (χ1) is 12.0. The molecule has 0 spiro atoms. The number of amides is 1. The maximum Gasteiger partial charge on any atom is 0.290 e. The fraction of sp³-hybridized carbons (Fsp3) is 0.167. The second-order valence-electron chi connectivity index (χ2n) is 5.51. The number of hydrogen-bond acceptors (Lipinski definition) is 3. The van der Waals surface area contributed by atoms with Gasteiger partial charge in [-0.1, -0.05) is 23.7 Å². The van der Waals surface area contributed by atoms with Crippen molar-refractivity contribution in [1.29, 1.82) is 0 Å². The molecule has 0 fully saturated rings. The quantitative estimate of drug-likeness (QED) is 0.761. The molecular weight excluding hydrogens is 343 g/mol. The van der Waals surface area contributed by atoms with Gasteiger partial charge in [0.05, 0.1) is 5.69 Å². The number of carbonyl (C=O) groups is 1. The standard InChI is InChI=1S/C18H16ClFN4O/c1-12-22-17(23-24(12)16-7-5-14(19)6-8-16)18(25)21-10-9-13-3-2-4-15(20)11-13/h2-8,11H,9-10H2,1H3,(H,21,25). The molecule has 0 atom stereocenters. The van der Waals surface area contributed by atoms with Crippen molar-refractivity contribution in [2.24, 2.45) is 0 Å². The van der Waals surface area contributed by atoms with E-state index in [0.29, 0.717) is 23.8 Å². The fourth-order valence-corrected chi connectivity index (χ4v) is 2.53. The van der Waals surface area contributed by atoms with Gasteiger partial charge in [-0.2, -0.15) is 0 Å². The zero-order valence-electron chi connectivity index (χ0n) is 13.5. The molecular formula is C18H16ClFN4O. The van der Waals surface area contributed by atoms with Gasteiger partial charge in [-0.3, -0.25) is 4.79 Å². The van der Waals surface area contributed by atoms with Crippen LogP contribution in [0.3, 0.4) is 0 Å². The normalized spacial score (nSPS) is 10.7. The van der Waals surface area contributed by atoms with Crippen LogP contribution in [0.1, 0.15) is 22.0 Å². The molecule has 2 aromatic carbocycles. The van der Waals surface area contributed by atoms with Crippen LogP contribution in [0.2, 0.25) is 5.02 Å². The number of benzene rings is 2. The summed E-state index contributed by atoms with van der Waals surface area (Å²) in [5.74, 6) is 0.0272. The Bertz CT molecular complexity index is 892. The summed E-state index contributed by atoms with van der Waals surface area (Å²) in [5.41, 5.74) is 1.59. The van der Waals surface area contributed by atoms with Gasteiger partial charge < -0.3 is 5.32 Å². The number of aryl methyl sites for hydroxylation is 1. The van der Waals surface area contributed by atoms with Crippen molar-refractivity contribution in [3.8, 4) is 5.69 Å². The Morgan fingerprint density at radius 1 is 1.24 bits per heavy atom. The van der Waals surface area contributed by atoms with E-state index in [1.54, 1.807) is 41.9 Å². The summed E-state index contributed by atoms with van der Waals surface area (Å²) < 4.78 is 14.7. The number of halogens is 2. The van der Waals surface area contributed by atoms with E-state index in [9.17, 15) is 9.18 Å². The Hall–Kier alpha value is -2.73. The van der Waals surface area contributed by atoms with Crippen molar-refractivity contribution >= 4 is 17.5 Å². The maximum absolute atomic E-state index is 13.1. The molecule has 1 amide bonds. The molecule has 0 saturated carbocycles. The van der Waals surface area contributed by atoms with Crippen molar-refractivity contribution in [1.82, 2.24) is 20.1 Å². The minimum atomic E-state index is -0.368. The van der Waals surface area contributed by atoms with Gasteiger partial charge in [0.15, 0.2) is 0 Å². The number of nitrogens with one attached hydrogen (secondary N) is 1. The average molecular weight is 359 g/mol. The number of aromatic nitrogens is 3. The predicted octanol–water partition coefficient (Wildman–Crippen LogP) is 3.34. The molecule has 0 aliphatic carbocycles. The van der Waals surface area contributed by atoms with Crippen LogP contribution in [-0.2, 0) is 6.42 Å². The first-order valence-corrected chi connectivity index (χ1v) is 8.13. The van der Waals surface area contributed by atoms with Crippen LogP contribution in [0.4, 0.5) is 4.39 Å². The van der Waals surface area contributed by atoms with Gasteiger partial charge in [-0.05, 0) is 55.3 Å². The van der Waals surface area contributed by atoms with Crippen molar-refractivity contribution < 1.29 is 9.18 Å². The first-order valence-electron chi connectivity index (χ1n) is 7.75. The Kier molecular flexibility index (Phi) is 5.09. The average Bonchev–Trinajstić information content (AvgIpc) is 2.97. The van der Waals surface area contributed by atoms with Gasteiger partial charge >= 0.3 is 0 Å². The second kappa shape index (κ2) is 7.44. The van der Waals surface area contributed by atoms with Crippen molar-refractivity contribution in [3.05, 3.63) is 76.6 Å². The summed E-state index contributed by atoms with van der Waals surface area (Å²) >= 11 is 5.88. The summed E-state index contributed by atoms with van der Waals surface area (Å²) in [7, 11) is 0. The molecule has 3 rings (SSSR count). The van der Waals surface area contributed by atoms with E-state index in [1.807, 2.05) is 6.07 Å². The molecule has 0 aliphatic rings. The van der Waals surface area contributed by atoms with Gasteiger partial charge in [0, 0.05) is 11.6 Å². The minimum Gasteiger partial charge on any atom is -0.349 e. The maximum atomic E-state index is 13.1. The lowest BCUT2D eigenvalue weighted by atomic mass is 10.1. The van der Waals surface area contributed by atoms with Gasteiger partial charge in [-0.25, -0.2) is 14.1 Å². The van der Waals surface area contributed by atoms with Gasteiger partial charge in [0.25, 0.3) is 5.91 Å². The second-order valence-corrected chi connectivity index (χ2v) is 5.94. The van der Waals surface area contributed by atoms with Crippen LogP contribution in [0.15, 0.2) is 48.5 Å².